The lowest BCUT2D eigenvalue weighted by molar-refractivity contribution is -0.125. The molecule has 0 rings (SSSR count). The summed E-state index contributed by atoms with van der Waals surface area (Å²) in [4.78, 5) is 11.6. The first-order valence-corrected chi connectivity index (χ1v) is 6.21. The molecule has 96 valence electrons. The minimum absolute atomic E-state index is 0.156. The standard InChI is InChI=1S/C10H19Cl3N2O/c1-6(2)7(16)14-8(10(11,12)13)15-9(3,4)5/h6,8,15H,1-5H3,(H,14,16)/t8-/m0/s1. The van der Waals surface area contributed by atoms with Gasteiger partial charge in [0.15, 0.2) is 0 Å². The Labute approximate surface area is 112 Å². The number of amides is 1. The fraction of sp³-hybridized carbons (Fsp3) is 0.900. The topological polar surface area (TPSA) is 41.1 Å². The third-order valence-electron chi connectivity index (χ3n) is 1.72. The van der Waals surface area contributed by atoms with Gasteiger partial charge in [-0.05, 0) is 20.8 Å². The van der Waals surface area contributed by atoms with Crippen LogP contribution in [0.1, 0.15) is 34.6 Å². The van der Waals surface area contributed by atoms with Crippen molar-refractivity contribution >= 4 is 40.7 Å². The molecular weight excluding hydrogens is 270 g/mol. The van der Waals surface area contributed by atoms with Crippen LogP contribution in [0.5, 0.6) is 0 Å². The quantitative estimate of drug-likeness (QED) is 0.619. The number of carbonyl (C=O) groups is 1. The Morgan fingerprint density at radius 2 is 1.56 bits per heavy atom. The van der Waals surface area contributed by atoms with Crippen LogP contribution in [0.2, 0.25) is 0 Å². The normalized spacial score (nSPS) is 15.1. The summed E-state index contributed by atoms with van der Waals surface area (Å²) in [7, 11) is 0. The zero-order valence-electron chi connectivity index (χ0n) is 10.2. The lowest BCUT2D eigenvalue weighted by Gasteiger charge is -2.33. The Hall–Kier alpha value is 0.300. The van der Waals surface area contributed by atoms with E-state index in [1.807, 2.05) is 20.8 Å². The van der Waals surface area contributed by atoms with Crippen molar-refractivity contribution in [3.8, 4) is 0 Å². The Morgan fingerprint density at radius 3 is 1.81 bits per heavy atom. The zero-order valence-corrected chi connectivity index (χ0v) is 12.5. The molecule has 0 aromatic rings. The molecule has 0 unspecified atom stereocenters. The third-order valence-corrected chi connectivity index (χ3v) is 2.37. The summed E-state index contributed by atoms with van der Waals surface area (Å²) in [5, 5.41) is 5.72. The fourth-order valence-corrected chi connectivity index (χ4v) is 1.27. The predicted octanol–water partition coefficient (Wildman–Crippen LogP) is 2.84. The second kappa shape index (κ2) is 5.76. The van der Waals surface area contributed by atoms with Gasteiger partial charge in [-0.3, -0.25) is 10.1 Å². The molecule has 0 aliphatic heterocycles. The van der Waals surface area contributed by atoms with E-state index in [1.54, 1.807) is 13.8 Å². The van der Waals surface area contributed by atoms with E-state index >= 15 is 0 Å². The van der Waals surface area contributed by atoms with E-state index in [0.717, 1.165) is 0 Å². The third kappa shape index (κ3) is 6.79. The number of nitrogens with one attached hydrogen (secondary N) is 2. The van der Waals surface area contributed by atoms with E-state index < -0.39 is 9.96 Å². The molecule has 2 N–H and O–H groups in total. The molecule has 0 aliphatic rings. The minimum Gasteiger partial charge on any atom is -0.336 e. The first-order chi connectivity index (χ1) is 6.93. The molecule has 16 heavy (non-hydrogen) atoms. The van der Waals surface area contributed by atoms with Crippen LogP contribution in [0, 0.1) is 5.92 Å². The van der Waals surface area contributed by atoms with Crippen molar-refractivity contribution in [1.82, 2.24) is 10.6 Å². The smallest absolute Gasteiger partial charge is 0.223 e. The van der Waals surface area contributed by atoms with Crippen molar-refractivity contribution in [2.24, 2.45) is 5.92 Å². The molecule has 0 heterocycles. The number of hydrogen-bond donors (Lipinski definition) is 2. The van der Waals surface area contributed by atoms with Crippen molar-refractivity contribution in [2.45, 2.75) is 50.1 Å². The number of alkyl halides is 3. The molecule has 3 nitrogen and oxygen atoms in total. The van der Waals surface area contributed by atoms with Crippen molar-refractivity contribution in [3.05, 3.63) is 0 Å². The highest BCUT2D eigenvalue weighted by atomic mass is 35.6. The maximum absolute atomic E-state index is 11.6. The molecule has 0 bridgehead atoms. The highest BCUT2D eigenvalue weighted by Gasteiger charge is 2.36. The first-order valence-electron chi connectivity index (χ1n) is 5.08. The molecule has 0 aliphatic carbocycles. The molecule has 0 aromatic heterocycles. The lowest BCUT2D eigenvalue weighted by Crippen LogP contribution is -2.59. The molecule has 0 saturated heterocycles. The monoisotopic (exact) mass is 288 g/mol. The Morgan fingerprint density at radius 1 is 1.12 bits per heavy atom. The first kappa shape index (κ1) is 16.3. The van der Waals surface area contributed by atoms with Gasteiger partial charge in [0, 0.05) is 11.5 Å². The second-order valence-corrected chi connectivity index (χ2v) is 7.40. The van der Waals surface area contributed by atoms with Crippen LogP contribution in [-0.2, 0) is 4.79 Å². The van der Waals surface area contributed by atoms with Crippen molar-refractivity contribution < 1.29 is 4.79 Å². The van der Waals surface area contributed by atoms with Gasteiger partial charge in [-0.15, -0.1) is 0 Å². The summed E-state index contributed by atoms with van der Waals surface area (Å²) in [6.45, 7) is 9.34. The van der Waals surface area contributed by atoms with Crippen LogP contribution in [0.4, 0.5) is 0 Å². The summed E-state index contributed by atoms with van der Waals surface area (Å²) < 4.78 is -1.59. The maximum Gasteiger partial charge on any atom is 0.223 e. The Bertz CT molecular complexity index is 243. The zero-order chi connectivity index (χ0) is 13.1. The van der Waals surface area contributed by atoms with Gasteiger partial charge < -0.3 is 5.32 Å². The van der Waals surface area contributed by atoms with Gasteiger partial charge in [0.2, 0.25) is 9.70 Å². The molecule has 0 aromatic carbocycles. The average molecular weight is 290 g/mol. The minimum atomic E-state index is -1.59. The fourth-order valence-electron chi connectivity index (χ4n) is 0.942. The second-order valence-electron chi connectivity index (χ2n) is 5.03. The van der Waals surface area contributed by atoms with E-state index in [9.17, 15) is 4.79 Å². The number of hydrogen-bond acceptors (Lipinski definition) is 2. The highest BCUT2D eigenvalue weighted by molar-refractivity contribution is 6.68. The van der Waals surface area contributed by atoms with Gasteiger partial charge in [-0.25, -0.2) is 0 Å². The van der Waals surface area contributed by atoms with Gasteiger partial charge >= 0.3 is 0 Å². The summed E-state index contributed by atoms with van der Waals surface area (Å²) in [5.74, 6) is -0.315. The molecule has 0 radical (unpaired) electrons. The van der Waals surface area contributed by atoms with Crippen LogP contribution >= 0.6 is 34.8 Å². The van der Waals surface area contributed by atoms with Gasteiger partial charge in [-0.2, -0.15) is 0 Å². The predicted molar refractivity (Wildman–Crippen MR) is 69.9 cm³/mol. The average Bonchev–Trinajstić information content (AvgIpc) is 1.98. The van der Waals surface area contributed by atoms with Crippen LogP contribution in [0.3, 0.4) is 0 Å². The van der Waals surface area contributed by atoms with E-state index in [1.165, 1.54) is 0 Å². The van der Waals surface area contributed by atoms with Gasteiger partial charge in [0.05, 0.1) is 0 Å². The van der Waals surface area contributed by atoms with E-state index in [2.05, 4.69) is 10.6 Å². The summed E-state index contributed by atoms with van der Waals surface area (Å²) in [6.07, 6.45) is -0.715. The van der Waals surface area contributed by atoms with Crippen LogP contribution in [-0.4, -0.2) is 21.4 Å². The number of carbonyl (C=O) groups excluding carboxylic acids is 1. The van der Waals surface area contributed by atoms with E-state index in [0.29, 0.717) is 0 Å². The summed E-state index contributed by atoms with van der Waals surface area (Å²) >= 11 is 17.4. The molecule has 1 amide bonds. The largest absolute Gasteiger partial charge is 0.336 e. The van der Waals surface area contributed by atoms with E-state index in [-0.39, 0.29) is 17.4 Å². The molecule has 0 spiro atoms. The number of rotatable bonds is 3. The number of halogens is 3. The Kier molecular flexibility index (Phi) is 5.87. The summed E-state index contributed by atoms with van der Waals surface area (Å²) in [5.41, 5.74) is -0.265. The molecule has 6 heteroatoms. The van der Waals surface area contributed by atoms with Crippen molar-refractivity contribution in [1.29, 1.82) is 0 Å². The molecule has 0 saturated carbocycles. The summed E-state index contributed by atoms with van der Waals surface area (Å²) in [6, 6.07) is 0. The lowest BCUT2D eigenvalue weighted by atomic mass is 10.1. The molecular formula is C10H19Cl3N2O. The molecule has 0 fully saturated rings. The Balaban J connectivity index is 4.65. The maximum atomic E-state index is 11.6. The highest BCUT2D eigenvalue weighted by Crippen LogP contribution is 2.30. The van der Waals surface area contributed by atoms with Crippen molar-refractivity contribution in [3.63, 3.8) is 0 Å². The van der Waals surface area contributed by atoms with Crippen molar-refractivity contribution in [2.75, 3.05) is 0 Å². The van der Waals surface area contributed by atoms with Crippen LogP contribution in [0.25, 0.3) is 0 Å². The van der Waals surface area contributed by atoms with Crippen LogP contribution < -0.4 is 10.6 Å². The van der Waals surface area contributed by atoms with Gasteiger partial charge in [-0.1, -0.05) is 48.7 Å². The van der Waals surface area contributed by atoms with Crippen LogP contribution in [0.15, 0.2) is 0 Å². The molecule has 1 atom stereocenters. The van der Waals surface area contributed by atoms with E-state index in [4.69, 9.17) is 34.8 Å². The SMILES string of the molecule is CC(C)C(=O)N[C@@H](NC(C)(C)C)C(Cl)(Cl)Cl. The van der Waals surface area contributed by atoms with Gasteiger partial charge in [0.1, 0.15) is 6.17 Å². The van der Waals surface area contributed by atoms with Gasteiger partial charge in [0.25, 0.3) is 0 Å².